The molecule has 0 aliphatic carbocycles. The third kappa shape index (κ3) is 8.92. The number of thiophene rings is 1. The van der Waals surface area contributed by atoms with Crippen LogP contribution in [-0.2, 0) is 10.8 Å². The van der Waals surface area contributed by atoms with E-state index >= 15 is 0 Å². The van der Waals surface area contributed by atoms with E-state index in [9.17, 15) is 0 Å². The Labute approximate surface area is 537 Å². The SMILES string of the molecule is CC(C)(C)c1ccc(-c2cc3c4c(c2)N(c2c(-c5ccccc5)ccc5c2sc2ccccc25)c2ccc(-c5ccccc5)cc2B4c2cc(-n4c5ccccc5c5ccccc54)ccc2N3c2c(-c3ccccc3)cc(C(C)(C)C)cc2-c2ccccc2)cc1. The summed E-state index contributed by atoms with van der Waals surface area (Å²) in [6.45, 7) is 13.8. The van der Waals surface area contributed by atoms with E-state index in [2.05, 4.69) is 347 Å². The predicted octanol–water partition coefficient (Wildman–Crippen LogP) is 22.2. The van der Waals surface area contributed by atoms with E-state index in [4.69, 9.17) is 0 Å². The van der Waals surface area contributed by atoms with Gasteiger partial charge in [-0.3, -0.25) is 0 Å². The number of benzene rings is 13. The van der Waals surface area contributed by atoms with Gasteiger partial charge in [0.1, 0.15) is 0 Å². The quantitative estimate of drug-likeness (QED) is 0.141. The van der Waals surface area contributed by atoms with Gasteiger partial charge in [0.15, 0.2) is 0 Å². The topological polar surface area (TPSA) is 11.4 Å². The molecule has 4 heterocycles. The molecule has 0 spiro atoms. The van der Waals surface area contributed by atoms with Gasteiger partial charge in [0.2, 0.25) is 0 Å². The number of aromatic nitrogens is 1. The van der Waals surface area contributed by atoms with Crippen LogP contribution in [0, 0.1) is 0 Å². The molecular formula is C86H66BN3S. The molecule has 434 valence electrons. The molecule has 91 heavy (non-hydrogen) atoms. The molecule has 2 aliphatic rings. The van der Waals surface area contributed by atoms with Gasteiger partial charge in [-0.05, 0) is 144 Å². The van der Waals surface area contributed by atoms with Crippen LogP contribution in [0.2, 0.25) is 0 Å². The minimum atomic E-state index is -0.229. The second-order valence-corrected chi connectivity index (χ2v) is 27.9. The minimum Gasteiger partial charge on any atom is -0.310 e. The predicted molar refractivity (Wildman–Crippen MR) is 392 cm³/mol. The lowest BCUT2D eigenvalue weighted by atomic mass is 9.33. The number of hydrogen-bond donors (Lipinski definition) is 0. The molecular weight excluding hydrogens is 1120 g/mol. The summed E-state index contributed by atoms with van der Waals surface area (Å²) in [5, 5.41) is 5.00. The van der Waals surface area contributed by atoms with Crippen molar-refractivity contribution < 1.29 is 0 Å². The highest BCUT2D eigenvalue weighted by Gasteiger charge is 2.46. The van der Waals surface area contributed by atoms with E-state index in [-0.39, 0.29) is 17.5 Å². The summed E-state index contributed by atoms with van der Waals surface area (Å²) in [6, 6.07) is 110. The van der Waals surface area contributed by atoms with Crippen LogP contribution in [0.5, 0.6) is 0 Å². The lowest BCUT2D eigenvalue weighted by molar-refractivity contribution is 0.590. The standard InChI is InChI=1S/C86H66BN3S/c1-85(2,3)62-42-39-56(40-43-62)61-50-78-81-79(51-61)90(83-65(57-27-13-8-14-28-57)45-46-69-68-35-21-24-38-80(68)91-84(69)83)76-47-41-60(55-25-11-7-12-26-55)49-72(76)87(81)73-54-64(88-74-36-22-19-33-66(74)67-34-20-23-37-75(67)88)44-48-77(73)89(78)82-70(58-29-15-9-16-30-58)52-63(86(4,5)6)53-71(82)59-31-17-10-18-32-59/h7-54H,1-6H3. The average Bonchev–Trinajstić information content (AvgIpc) is 0.983. The van der Waals surface area contributed by atoms with E-state index in [1.54, 1.807) is 0 Å². The molecule has 15 aromatic rings. The summed E-state index contributed by atoms with van der Waals surface area (Å²) in [5.74, 6) is 0. The summed E-state index contributed by atoms with van der Waals surface area (Å²) < 4.78 is 5.03. The highest BCUT2D eigenvalue weighted by molar-refractivity contribution is 7.26. The number of nitrogens with zero attached hydrogens (tertiary/aromatic N) is 3. The number of anilines is 6. The summed E-state index contributed by atoms with van der Waals surface area (Å²) in [5.41, 5.74) is 28.3. The van der Waals surface area contributed by atoms with Crippen molar-refractivity contribution in [3.63, 3.8) is 0 Å². The molecule has 0 bridgehead atoms. The Bertz CT molecular complexity index is 5250. The third-order valence-electron chi connectivity index (χ3n) is 19.3. The van der Waals surface area contributed by atoms with Crippen molar-refractivity contribution in [1.82, 2.24) is 4.57 Å². The fourth-order valence-corrected chi connectivity index (χ4v) is 16.0. The molecule has 0 unspecified atom stereocenters. The molecule has 0 atom stereocenters. The maximum absolute atomic E-state index is 2.70. The zero-order chi connectivity index (χ0) is 61.3. The Balaban J connectivity index is 1.07. The van der Waals surface area contributed by atoms with Crippen LogP contribution in [0.3, 0.4) is 0 Å². The molecule has 0 amide bonds. The Morgan fingerprint density at radius 3 is 1.34 bits per heavy atom. The zero-order valence-electron chi connectivity index (χ0n) is 52.0. The molecule has 0 saturated carbocycles. The molecule has 2 aliphatic heterocycles. The van der Waals surface area contributed by atoms with E-state index in [1.807, 2.05) is 11.3 Å². The first-order chi connectivity index (χ1) is 44.4. The van der Waals surface area contributed by atoms with Crippen molar-refractivity contribution in [1.29, 1.82) is 0 Å². The second-order valence-electron chi connectivity index (χ2n) is 26.8. The smallest absolute Gasteiger partial charge is 0.252 e. The van der Waals surface area contributed by atoms with Gasteiger partial charge in [0.05, 0.1) is 27.1 Å². The van der Waals surface area contributed by atoms with Crippen LogP contribution in [0.25, 0.3) is 103 Å². The van der Waals surface area contributed by atoms with Crippen LogP contribution < -0.4 is 26.2 Å². The second kappa shape index (κ2) is 21.1. The number of hydrogen-bond acceptors (Lipinski definition) is 3. The first-order valence-corrected chi connectivity index (χ1v) is 32.7. The van der Waals surface area contributed by atoms with Crippen molar-refractivity contribution in [2.45, 2.75) is 52.4 Å². The van der Waals surface area contributed by atoms with Crippen LogP contribution in [-0.4, -0.2) is 11.3 Å². The van der Waals surface area contributed by atoms with E-state index in [1.165, 1.54) is 114 Å². The Morgan fingerprint density at radius 1 is 0.308 bits per heavy atom. The van der Waals surface area contributed by atoms with Crippen molar-refractivity contribution in [3.05, 3.63) is 302 Å². The van der Waals surface area contributed by atoms with Gasteiger partial charge in [-0.1, -0.05) is 266 Å². The highest BCUT2D eigenvalue weighted by atomic mass is 32.1. The molecule has 0 radical (unpaired) electrons. The van der Waals surface area contributed by atoms with Crippen LogP contribution in [0.4, 0.5) is 34.1 Å². The van der Waals surface area contributed by atoms with Crippen molar-refractivity contribution in [2.24, 2.45) is 0 Å². The minimum absolute atomic E-state index is 0.0248. The van der Waals surface area contributed by atoms with Gasteiger partial charge < -0.3 is 14.4 Å². The molecule has 0 fully saturated rings. The summed E-state index contributed by atoms with van der Waals surface area (Å²) in [7, 11) is 0. The van der Waals surface area contributed by atoms with Crippen LogP contribution in [0.15, 0.2) is 291 Å². The lowest BCUT2D eigenvalue weighted by Gasteiger charge is -2.46. The summed E-state index contributed by atoms with van der Waals surface area (Å²) in [4.78, 5) is 5.40. The van der Waals surface area contributed by atoms with Gasteiger partial charge in [-0.15, -0.1) is 11.3 Å². The van der Waals surface area contributed by atoms with Crippen molar-refractivity contribution >= 4 is 111 Å². The van der Waals surface area contributed by atoms with E-state index in [0.29, 0.717) is 0 Å². The number of rotatable bonds is 8. The third-order valence-corrected chi connectivity index (χ3v) is 20.5. The Kier molecular flexibility index (Phi) is 12.7. The summed E-state index contributed by atoms with van der Waals surface area (Å²) in [6.07, 6.45) is 0. The van der Waals surface area contributed by atoms with Gasteiger partial charge in [0.25, 0.3) is 6.71 Å². The first kappa shape index (κ1) is 54.7. The molecule has 0 N–H and O–H groups in total. The molecule has 5 heteroatoms. The fraction of sp³-hybridized carbons (Fsp3) is 0.0930. The van der Waals surface area contributed by atoms with Gasteiger partial charge in [-0.25, -0.2) is 0 Å². The Hall–Kier alpha value is -10.5. The lowest BCUT2D eigenvalue weighted by Crippen LogP contribution is -2.61. The van der Waals surface area contributed by atoms with Gasteiger partial charge >= 0.3 is 0 Å². The zero-order valence-corrected chi connectivity index (χ0v) is 52.9. The molecule has 17 rings (SSSR count). The highest BCUT2D eigenvalue weighted by Crippen LogP contribution is 2.55. The van der Waals surface area contributed by atoms with Gasteiger partial charge in [0, 0.05) is 71.4 Å². The van der Waals surface area contributed by atoms with Crippen LogP contribution in [0.1, 0.15) is 52.7 Å². The van der Waals surface area contributed by atoms with Crippen LogP contribution >= 0.6 is 11.3 Å². The Morgan fingerprint density at radius 2 is 0.769 bits per heavy atom. The summed E-state index contributed by atoms with van der Waals surface area (Å²) >= 11 is 1.90. The molecule has 13 aromatic carbocycles. The van der Waals surface area contributed by atoms with Crippen molar-refractivity contribution in [3.8, 4) is 61.3 Å². The molecule has 2 aromatic heterocycles. The van der Waals surface area contributed by atoms with Crippen molar-refractivity contribution in [2.75, 3.05) is 9.80 Å². The number of para-hydroxylation sites is 2. The first-order valence-electron chi connectivity index (χ1n) is 31.9. The monoisotopic (exact) mass is 1180 g/mol. The molecule has 0 saturated heterocycles. The maximum Gasteiger partial charge on any atom is 0.252 e. The number of fused-ring (bicyclic) bond motifs is 10. The maximum atomic E-state index is 2.70. The normalized spacial score (nSPS) is 12.9. The molecule has 3 nitrogen and oxygen atoms in total. The fourth-order valence-electron chi connectivity index (χ4n) is 14.8. The largest absolute Gasteiger partial charge is 0.310 e. The van der Waals surface area contributed by atoms with Gasteiger partial charge in [-0.2, -0.15) is 0 Å². The van der Waals surface area contributed by atoms with E-state index in [0.717, 1.165) is 50.8 Å². The van der Waals surface area contributed by atoms with E-state index < -0.39 is 0 Å². The average molecular weight is 1180 g/mol.